The summed E-state index contributed by atoms with van der Waals surface area (Å²) in [5.74, 6) is -2.80. The first-order valence-electron chi connectivity index (χ1n) is 19.7. The van der Waals surface area contributed by atoms with Gasteiger partial charge in [0.1, 0.15) is 12.5 Å². The average molecular weight is 673 g/mol. The predicted octanol–water partition coefficient (Wildman–Crippen LogP) is 12.3. The highest BCUT2D eigenvalue weighted by atomic mass is 16.6. The topological polar surface area (TPSA) is 89.9 Å². The van der Waals surface area contributed by atoms with Crippen molar-refractivity contribution in [2.24, 2.45) is 0 Å². The molecule has 0 radical (unpaired) electrons. The zero-order valence-electron chi connectivity index (χ0n) is 31.0. The van der Waals surface area contributed by atoms with Crippen molar-refractivity contribution >= 4 is 17.9 Å². The fourth-order valence-electron chi connectivity index (χ4n) is 5.52. The minimum atomic E-state index is -1.28. The monoisotopic (exact) mass is 673 g/mol. The summed E-state index contributed by atoms with van der Waals surface area (Å²) in [5.41, 5.74) is 0. The van der Waals surface area contributed by atoms with Crippen molar-refractivity contribution < 1.29 is 29.0 Å². The minimum Gasteiger partial charge on any atom is -0.481 e. The van der Waals surface area contributed by atoms with Gasteiger partial charge in [-0.15, -0.1) is 0 Å². The predicted molar refractivity (Wildman–Crippen MR) is 201 cm³/mol. The van der Waals surface area contributed by atoms with E-state index in [4.69, 9.17) is 14.6 Å². The van der Waals surface area contributed by atoms with Gasteiger partial charge in [0, 0.05) is 0 Å². The summed E-state index contributed by atoms with van der Waals surface area (Å²) in [6.07, 6.45) is 47.6. The molecule has 0 aromatic heterocycles. The number of hydrogen-bond donors (Lipinski definition) is 1. The Morgan fingerprint density at radius 2 is 0.875 bits per heavy atom. The normalized spacial score (nSPS) is 12.0. The number of esters is 2. The van der Waals surface area contributed by atoms with Gasteiger partial charge in [0.2, 0.25) is 0 Å². The Balaban J connectivity index is 4.16. The van der Waals surface area contributed by atoms with Crippen molar-refractivity contribution in [1.29, 1.82) is 0 Å². The molecule has 0 aromatic carbocycles. The van der Waals surface area contributed by atoms with Crippen LogP contribution in [-0.4, -0.2) is 35.7 Å². The number of ether oxygens (including phenoxy) is 2. The molecule has 0 heterocycles. The van der Waals surface area contributed by atoms with E-state index in [9.17, 15) is 14.4 Å². The molecule has 0 saturated carbocycles. The number of hydrogen-bond acceptors (Lipinski definition) is 5. The number of carboxylic acids is 1. The summed E-state index contributed by atoms with van der Waals surface area (Å²) in [7, 11) is 0. The van der Waals surface area contributed by atoms with Gasteiger partial charge in [-0.05, 0) is 89.9 Å². The third-order valence-electron chi connectivity index (χ3n) is 8.40. The molecule has 0 aliphatic heterocycles. The van der Waals surface area contributed by atoms with Crippen LogP contribution in [0.5, 0.6) is 0 Å². The average Bonchev–Trinajstić information content (AvgIpc) is 3.06. The lowest BCUT2D eigenvalue weighted by molar-refractivity contribution is -0.164. The molecule has 6 nitrogen and oxygen atoms in total. The number of aliphatic carboxylic acids is 1. The molecule has 0 atom stereocenters. The van der Waals surface area contributed by atoms with Crippen LogP contribution < -0.4 is 0 Å². The number of carbonyl (C=O) groups excluding carboxylic acids is 2. The Hall–Kier alpha value is -2.63. The van der Waals surface area contributed by atoms with Crippen LogP contribution in [0.1, 0.15) is 187 Å². The fraction of sp³-hybridized carbons (Fsp3) is 0.738. The molecule has 0 fully saturated rings. The van der Waals surface area contributed by atoms with Crippen LogP contribution in [0.25, 0.3) is 0 Å². The zero-order chi connectivity index (χ0) is 35.2. The number of unbranched alkanes of at least 4 members (excludes halogenated alkanes) is 18. The zero-order valence-corrected chi connectivity index (χ0v) is 31.0. The lowest BCUT2D eigenvalue weighted by Gasteiger charge is -2.18. The first-order chi connectivity index (χ1) is 23.5. The first kappa shape index (κ1) is 45.4. The highest BCUT2D eigenvalue weighted by Crippen LogP contribution is 2.18. The van der Waals surface area contributed by atoms with E-state index in [2.05, 4.69) is 62.5 Å². The smallest absolute Gasteiger partial charge is 0.344 e. The standard InChI is InChI=1S/C42H72O6/c1-3-5-7-9-11-13-15-17-19-21-23-25-27-29-31-33-35-39(48-42(46)38-47-41(45)37-40(43)44)36-34-32-30-28-26-24-22-20-18-16-14-12-10-8-6-4-2/h11-14,17-20,39H,3-10,15-16,21-38H2,1-2H3,(H,43,44)/b13-11-,14-12-,19-17-,20-18-. The van der Waals surface area contributed by atoms with Gasteiger partial charge in [-0.25, -0.2) is 4.79 Å². The van der Waals surface area contributed by atoms with Gasteiger partial charge in [-0.3, -0.25) is 9.59 Å². The van der Waals surface area contributed by atoms with Crippen LogP contribution in [0.4, 0.5) is 0 Å². The van der Waals surface area contributed by atoms with Gasteiger partial charge >= 0.3 is 17.9 Å². The largest absolute Gasteiger partial charge is 0.481 e. The van der Waals surface area contributed by atoms with Gasteiger partial charge in [0.15, 0.2) is 6.61 Å². The van der Waals surface area contributed by atoms with Crippen molar-refractivity contribution in [3.8, 4) is 0 Å². The second kappa shape index (κ2) is 37.2. The molecule has 0 bridgehead atoms. The van der Waals surface area contributed by atoms with Crippen LogP contribution >= 0.6 is 0 Å². The second-order valence-electron chi connectivity index (χ2n) is 13.1. The minimum absolute atomic E-state index is 0.188. The SMILES string of the molecule is CCCCC/C=C\C/C=C\CCCCCCCCC(CCCCCCCC/C=C\C/C=C\CCCCC)OC(=O)COC(=O)CC(=O)O. The molecular formula is C42H72O6. The number of rotatable bonds is 35. The summed E-state index contributed by atoms with van der Waals surface area (Å²) in [4.78, 5) is 34.5. The van der Waals surface area contributed by atoms with Crippen molar-refractivity contribution in [3.05, 3.63) is 48.6 Å². The quantitative estimate of drug-likeness (QED) is 0.0312. The Labute approximate surface area is 294 Å². The first-order valence-corrected chi connectivity index (χ1v) is 19.7. The maximum atomic E-state index is 12.3. The number of carboxylic acid groups (broad SMARTS) is 1. The highest BCUT2D eigenvalue weighted by molar-refractivity contribution is 5.90. The van der Waals surface area contributed by atoms with Crippen molar-refractivity contribution in [2.75, 3.05) is 6.61 Å². The maximum absolute atomic E-state index is 12.3. The van der Waals surface area contributed by atoms with Gasteiger partial charge in [-0.2, -0.15) is 0 Å². The molecule has 0 rings (SSSR count). The summed E-state index contributed by atoms with van der Waals surface area (Å²) in [6, 6.07) is 0. The van der Waals surface area contributed by atoms with E-state index in [-0.39, 0.29) is 6.10 Å². The Morgan fingerprint density at radius 3 is 1.27 bits per heavy atom. The van der Waals surface area contributed by atoms with E-state index in [1.807, 2.05) is 0 Å². The molecule has 0 aliphatic carbocycles. The maximum Gasteiger partial charge on any atom is 0.344 e. The van der Waals surface area contributed by atoms with E-state index < -0.39 is 30.9 Å². The third-order valence-corrected chi connectivity index (χ3v) is 8.40. The summed E-state index contributed by atoms with van der Waals surface area (Å²) in [5, 5.41) is 8.71. The van der Waals surface area contributed by atoms with E-state index >= 15 is 0 Å². The Bertz CT molecular complexity index is 823. The van der Waals surface area contributed by atoms with Crippen LogP contribution in [-0.2, 0) is 23.9 Å². The summed E-state index contributed by atoms with van der Waals surface area (Å²) >= 11 is 0. The summed E-state index contributed by atoms with van der Waals surface area (Å²) in [6.45, 7) is 3.94. The molecule has 6 heteroatoms. The molecule has 0 saturated heterocycles. The van der Waals surface area contributed by atoms with Gasteiger partial charge in [-0.1, -0.05) is 140 Å². The molecule has 0 aliphatic rings. The molecule has 276 valence electrons. The molecule has 0 unspecified atom stereocenters. The lowest BCUT2D eigenvalue weighted by Crippen LogP contribution is -2.24. The van der Waals surface area contributed by atoms with Crippen LogP contribution in [0.2, 0.25) is 0 Å². The Kier molecular flexibility index (Phi) is 35.2. The molecule has 1 N–H and O–H groups in total. The van der Waals surface area contributed by atoms with Crippen LogP contribution in [0.3, 0.4) is 0 Å². The van der Waals surface area contributed by atoms with Gasteiger partial charge in [0.05, 0.1) is 0 Å². The third kappa shape index (κ3) is 36.2. The fourth-order valence-corrected chi connectivity index (χ4v) is 5.52. The van der Waals surface area contributed by atoms with Crippen LogP contribution in [0, 0.1) is 0 Å². The Morgan fingerprint density at radius 1 is 0.500 bits per heavy atom. The molecule has 0 aromatic rings. The highest BCUT2D eigenvalue weighted by Gasteiger charge is 2.17. The van der Waals surface area contributed by atoms with E-state index in [0.29, 0.717) is 0 Å². The number of carbonyl (C=O) groups is 3. The molecular weight excluding hydrogens is 600 g/mol. The van der Waals surface area contributed by atoms with E-state index in [1.54, 1.807) is 0 Å². The summed E-state index contributed by atoms with van der Waals surface area (Å²) < 4.78 is 10.4. The second-order valence-corrected chi connectivity index (χ2v) is 13.1. The number of allylic oxidation sites excluding steroid dienone is 8. The van der Waals surface area contributed by atoms with Gasteiger partial charge in [0.25, 0.3) is 0 Å². The van der Waals surface area contributed by atoms with Crippen molar-refractivity contribution in [3.63, 3.8) is 0 Å². The van der Waals surface area contributed by atoms with E-state index in [0.717, 1.165) is 64.2 Å². The molecule has 0 spiro atoms. The van der Waals surface area contributed by atoms with Gasteiger partial charge < -0.3 is 14.6 Å². The van der Waals surface area contributed by atoms with Crippen molar-refractivity contribution in [2.45, 2.75) is 193 Å². The van der Waals surface area contributed by atoms with E-state index in [1.165, 1.54) is 103 Å². The lowest BCUT2D eigenvalue weighted by atomic mass is 10.0. The van der Waals surface area contributed by atoms with Crippen molar-refractivity contribution in [1.82, 2.24) is 0 Å². The molecule has 48 heavy (non-hydrogen) atoms. The van der Waals surface area contributed by atoms with Crippen LogP contribution in [0.15, 0.2) is 48.6 Å². The molecule has 0 amide bonds.